The maximum Gasteiger partial charge on any atom is 0.215 e. The molecule has 1 fully saturated rings. The van der Waals surface area contributed by atoms with Crippen LogP contribution in [0.3, 0.4) is 0 Å². The minimum atomic E-state index is -3.21. The lowest BCUT2D eigenvalue weighted by Gasteiger charge is -2.31. The first kappa shape index (κ1) is 18.9. The van der Waals surface area contributed by atoms with Crippen LogP contribution in [0.15, 0.2) is 0 Å². The lowest BCUT2D eigenvalue weighted by Crippen LogP contribution is -2.43. The van der Waals surface area contributed by atoms with Crippen molar-refractivity contribution in [1.29, 1.82) is 0 Å². The molecule has 1 atom stereocenters. The lowest BCUT2D eigenvalue weighted by atomic mass is 9.79. The van der Waals surface area contributed by atoms with Crippen LogP contribution in [0.1, 0.15) is 66.2 Å². The number of rotatable bonds is 10. The summed E-state index contributed by atoms with van der Waals surface area (Å²) >= 11 is 0. The van der Waals surface area contributed by atoms with Crippen LogP contribution in [0.25, 0.3) is 0 Å². The van der Waals surface area contributed by atoms with Crippen LogP contribution in [0.2, 0.25) is 0 Å². The normalized spacial score (nSPS) is 20.0. The summed E-state index contributed by atoms with van der Waals surface area (Å²) in [6.45, 7) is 10.3. The summed E-state index contributed by atoms with van der Waals surface area (Å²) in [5, 5.41) is 2.82. The zero-order valence-corrected chi connectivity index (χ0v) is 15.1. The second-order valence-corrected chi connectivity index (χ2v) is 9.37. The topological polar surface area (TPSA) is 58.2 Å². The molecule has 0 radical (unpaired) electrons. The van der Waals surface area contributed by atoms with Gasteiger partial charge in [0.05, 0.1) is 5.25 Å². The molecule has 21 heavy (non-hydrogen) atoms. The zero-order valence-electron chi connectivity index (χ0n) is 14.2. The zero-order chi connectivity index (χ0) is 15.9. The third-order valence-corrected chi connectivity index (χ3v) is 6.31. The highest BCUT2D eigenvalue weighted by molar-refractivity contribution is 7.90. The highest BCUT2D eigenvalue weighted by Crippen LogP contribution is 2.42. The van der Waals surface area contributed by atoms with Crippen molar-refractivity contribution in [2.45, 2.75) is 71.5 Å². The van der Waals surface area contributed by atoms with E-state index in [9.17, 15) is 8.42 Å². The first-order chi connectivity index (χ1) is 9.81. The molecular weight excluding hydrogens is 284 g/mol. The molecule has 0 spiro atoms. The fraction of sp³-hybridized carbons (Fsp3) is 1.00. The molecule has 1 saturated carbocycles. The monoisotopic (exact) mass is 318 g/mol. The van der Waals surface area contributed by atoms with Gasteiger partial charge in [-0.05, 0) is 50.5 Å². The molecule has 0 aromatic rings. The molecule has 2 N–H and O–H groups in total. The summed E-state index contributed by atoms with van der Waals surface area (Å²) in [4.78, 5) is 0. The van der Waals surface area contributed by atoms with Crippen molar-refractivity contribution in [3.8, 4) is 0 Å². The summed E-state index contributed by atoms with van der Waals surface area (Å²) in [6, 6.07) is 0. The predicted octanol–water partition coefficient (Wildman–Crippen LogP) is 2.90. The Morgan fingerprint density at radius 2 is 1.76 bits per heavy atom. The minimum Gasteiger partial charge on any atom is -0.315 e. The summed E-state index contributed by atoms with van der Waals surface area (Å²) < 4.78 is 27.6. The largest absolute Gasteiger partial charge is 0.315 e. The number of nitrogens with one attached hydrogen (secondary N) is 2. The summed E-state index contributed by atoms with van der Waals surface area (Å²) in [5.74, 6) is 0.622. The maximum absolute atomic E-state index is 12.4. The van der Waals surface area contributed by atoms with Crippen LogP contribution < -0.4 is 10.0 Å². The average Bonchev–Trinajstić information content (AvgIpc) is 2.85. The Kier molecular flexibility index (Phi) is 7.65. The van der Waals surface area contributed by atoms with Gasteiger partial charge in [-0.2, -0.15) is 0 Å². The van der Waals surface area contributed by atoms with Gasteiger partial charge < -0.3 is 5.32 Å². The molecule has 0 aliphatic heterocycles. The van der Waals surface area contributed by atoms with E-state index < -0.39 is 10.0 Å². The van der Waals surface area contributed by atoms with Crippen molar-refractivity contribution in [2.75, 3.05) is 19.6 Å². The molecular formula is C16H34N2O2S. The van der Waals surface area contributed by atoms with Gasteiger partial charge in [0.1, 0.15) is 0 Å². The quantitative estimate of drug-likeness (QED) is 0.609. The lowest BCUT2D eigenvalue weighted by molar-refractivity contribution is 0.236. The van der Waals surface area contributed by atoms with Gasteiger partial charge in [-0.3, -0.25) is 0 Å². The fourth-order valence-corrected chi connectivity index (χ4v) is 4.56. The van der Waals surface area contributed by atoms with Crippen molar-refractivity contribution in [1.82, 2.24) is 10.0 Å². The van der Waals surface area contributed by atoms with Gasteiger partial charge >= 0.3 is 0 Å². The Morgan fingerprint density at radius 1 is 1.14 bits per heavy atom. The van der Waals surface area contributed by atoms with E-state index in [4.69, 9.17) is 0 Å². The molecule has 0 amide bonds. The number of hydrogen-bond acceptors (Lipinski definition) is 3. The smallest absolute Gasteiger partial charge is 0.215 e. The second-order valence-electron chi connectivity index (χ2n) is 7.19. The predicted molar refractivity (Wildman–Crippen MR) is 89.9 cm³/mol. The fourth-order valence-electron chi connectivity index (χ4n) is 3.43. The molecule has 5 heteroatoms. The van der Waals surface area contributed by atoms with Gasteiger partial charge in [-0.25, -0.2) is 13.1 Å². The minimum absolute atomic E-state index is 0.192. The van der Waals surface area contributed by atoms with Crippen LogP contribution in [-0.4, -0.2) is 33.3 Å². The molecule has 0 aromatic heterocycles. The molecule has 4 nitrogen and oxygen atoms in total. The van der Waals surface area contributed by atoms with Crippen LogP contribution in [0.4, 0.5) is 0 Å². The highest BCUT2D eigenvalue weighted by Gasteiger charge is 2.36. The standard InChI is InChI=1S/C16H34N2O2S/c1-5-10-17-12-15(4)21(19,20)18-13-16(11-14(2)3)8-6-7-9-16/h14-15,17-18H,5-13H2,1-4H3. The van der Waals surface area contributed by atoms with E-state index in [-0.39, 0.29) is 10.7 Å². The van der Waals surface area contributed by atoms with Gasteiger partial charge in [-0.1, -0.05) is 33.6 Å². The van der Waals surface area contributed by atoms with Crippen LogP contribution in [0.5, 0.6) is 0 Å². The van der Waals surface area contributed by atoms with Crippen molar-refractivity contribution in [2.24, 2.45) is 11.3 Å². The molecule has 1 aliphatic carbocycles. The molecule has 0 bridgehead atoms. The number of hydrogen-bond donors (Lipinski definition) is 2. The van der Waals surface area contributed by atoms with E-state index in [0.717, 1.165) is 32.2 Å². The van der Waals surface area contributed by atoms with Crippen LogP contribution >= 0.6 is 0 Å². The van der Waals surface area contributed by atoms with Crippen molar-refractivity contribution < 1.29 is 8.42 Å². The molecule has 0 aromatic carbocycles. The molecule has 1 aliphatic rings. The molecule has 126 valence electrons. The van der Waals surface area contributed by atoms with E-state index >= 15 is 0 Å². The maximum atomic E-state index is 12.4. The SMILES string of the molecule is CCCNCC(C)S(=O)(=O)NCC1(CC(C)C)CCCC1. The molecule has 1 rings (SSSR count). The number of sulfonamides is 1. The molecule has 0 heterocycles. The summed E-state index contributed by atoms with van der Waals surface area (Å²) in [7, 11) is -3.21. The molecule has 1 unspecified atom stereocenters. The third kappa shape index (κ3) is 6.25. The first-order valence-corrected chi connectivity index (χ1v) is 10.1. The van der Waals surface area contributed by atoms with Gasteiger partial charge in [0.25, 0.3) is 0 Å². The van der Waals surface area contributed by atoms with Gasteiger partial charge in [-0.15, -0.1) is 0 Å². The Bertz CT molecular complexity index is 387. The summed E-state index contributed by atoms with van der Waals surface area (Å²) in [6.07, 6.45) is 6.95. The van der Waals surface area contributed by atoms with E-state index in [1.165, 1.54) is 12.8 Å². The van der Waals surface area contributed by atoms with Gasteiger partial charge in [0.2, 0.25) is 10.0 Å². The Morgan fingerprint density at radius 3 is 2.29 bits per heavy atom. The van der Waals surface area contributed by atoms with Crippen molar-refractivity contribution >= 4 is 10.0 Å². The van der Waals surface area contributed by atoms with Crippen molar-refractivity contribution in [3.05, 3.63) is 0 Å². The van der Waals surface area contributed by atoms with Gasteiger partial charge in [0, 0.05) is 13.1 Å². The Balaban J connectivity index is 2.53. The van der Waals surface area contributed by atoms with E-state index in [1.807, 2.05) is 0 Å². The summed E-state index contributed by atoms with van der Waals surface area (Å²) in [5.41, 5.74) is 0.192. The Hall–Kier alpha value is -0.130. The first-order valence-electron chi connectivity index (χ1n) is 8.50. The third-order valence-electron chi connectivity index (χ3n) is 4.54. The highest BCUT2D eigenvalue weighted by atomic mass is 32.2. The average molecular weight is 319 g/mol. The second kappa shape index (κ2) is 8.49. The van der Waals surface area contributed by atoms with E-state index in [2.05, 4.69) is 30.8 Å². The van der Waals surface area contributed by atoms with E-state index in [0.29, 0.717) is 19.0 Å². The van der Waals surface area contributed by atoms with Crippen molar-refractivity contribution in [3.63, 3.8) is 0 Å². The van der Waals surface area contributed by atoms with Crippen LogP contribution in [0, 0.1) is 11.3 Å². The Labute approximate surface area is 131 Å². The van der Waals surface area contributed by atoms with Crippen LogP contribution in [-0.2, 0) is 10.0 Å². The van der Waals surface area contributed by atoms with E-state index in [1.54, 1.807) is 6.92 Å². The van der Waals surface area contributed by atoms with Gasteiger partial charge in [0.15, 0.2) is 0 Å². The molecule has 0 saturated heterocycles.